The molecule has 0 aliphatic carbocycles. The fourth-order valence-electron chi connectivity index (χ4n) is 5.07. The van der Waals surface area contributed by atoms with Crippen LogP contribution in [0.4, 0.5) is 20.6 Å². The molecule has 3 heterocycles. The lowest BCUT2D eigenvalue weighted by Gasteiger charge is -2.27. The molecule has 2 atom stereocenters. The summed E-state index contributed by atoms with van der Waals surface area (Å²) in [6, 6.07) is 6.49. The molecule has 0 unspecified atom stereocenters. The second-order valence-corrected chi connectivity index (χ2v) is 12.6. The molecule has 0 spiro atoms. The number of halogens is 3. The van der Waals surface area contributed by atoms with E-state index in [2.05, 4.69) is 5.32 Å². The number of carbonyl (C=O) groups is 5. The number of nitrogens with one attached hydrogen (secondary N) is 1. The van der Waals surface area contributed by atoms with Gasteiger partial charge in [0, 0.05) is 25.2 Å². The van der Waals surface area contributed by atoms with Crippen LogP contribution < -0.4 is 26.6 Å². The fourth-order valence-corrected chi connectivity index (χ4v) is 6.06. The van der Waals surface area contributed by atoms with Crippen molar-refractivity contribution < 1.29 is 37.8 Å². The zero-order valence-electron chi connectivity index (χ0n) is 25.7. The summed E-state index contributed by atoms with van der Waals surface area (Å²) in [7, 11) is 0. The van der Waals surface area contributed by atoms with Gasteiger partial charge in [0.25, 0.3) is 11.8 Å². The predicted molar refractivity (Wildman–Crippen MR) is 178 cm³/mol. The number of morpholine rings is 1. The van der Waals surface area contributed by atoms with Gasteiger partial charge in [0.15, 0.2) is 0 Å². The van der Waals surface area contributed by atoms with Gasteiger partial charge >= 0.3 is 6.09 Å². The van der Waals surface area contributed by atoms with Crippen molar-refractivity contribution in [3.8, 4) is 0 Å². The average Bonchev–Trinajstić information content (AvgIpc) is 3.64. The Bertz CT molecular complexity index is 1430. The van der Waals surface area contributed by atoms with E-state index in [4.69, 9.17) is 32.5 Å². The van der Waals surface area contributed by atoms with Gasteiger partial charge in [-0.1, -0.05) is 18.0 Å². The van der Waals surface area contributed by atoms with E-state index >= 15 is 4.39 Å². The number of unbranched alkanes of at least 4 members (excludes halogenated alkanes) is 2. The average molecular weight is 718 g/mol. The summed E-state index contributed by atoms with van der Waals surface area (Å²) < 4.78 is 26.1. The van der Waals surface area contributed by atoms with E-state index in [1.807, 2.05) is 0 Å². The lowest BCUT2D eigenvalue weighted by molar-refractivity contribution is -0.129. The summed E-state index contributed by atoms with van der Waals surface area (Å²) in [5.74, 6) is -2.42. The van der Waals surface area contributed by atoms with Gasteiger partial charge in [0.2, 0.25) is 11.8 Å². The Balaban J connectivity index is 0.00000600. The van der Waals surface area contributed by atoms with Crippen LogP contribution in [0.3, 0.4) is 0 Å². The Morgan fingerprint density at radius 1 is 1.13 bits per heavy atom. The van der Waals surface area contributed by atoms with Crippen LogP contribution in [-0.4, -0.2) is 92.7 Å². The van der Waals surface area contributed by atoms with Crippen LogP contribution in [0, 0.1) is 5.82 Å². The third-order valence-corrected chi connectivity index (χ3v) is 8.75. The Kier molecular flexibility index (Phi) is 14.8. The number of carbonyl (C=O) groups excluding carboxylic acids is 5. The van der Waals surface area contributed by atoms with Crippen LogP contribution in [0.25, 0.3) is 0 Å². The molecular weight excluding hydrogens is 678 g/mol. The van der Waals surface area contributed by atoms with Crippen molar-refractivity contribution in [3.63, 3.8) is 0 Å². The van der Waals surface area contributed by atoms with E-state index in [1.165, 1.54) is 23.1 Å². The molecule has 2 aliphatic heterocycles. The number of cyclic esters (lactones) is 1. The topological polar surface area (TPSA) is 178 Å². The predicted octanol–water partition coefficient (Wildman–Crippen LogP) is 3.06. The van der Waals surface area contributed by atoms with Crippen LogP contribution >= 0.6 is 35.3 Å². The van der Waals surface area contributed by atoms with Crippen molar-refractivity contribution in [2.45, 2.75) is 50.7 Å². The first kappa shape index (κ1) is 38.1. The monoisotopic (exact) mass is 716 g/mol. The second kappa shape index (κ2) is 18.3. The van der Waals surface area contributed by atoms with Crippen molar-refractivity contribution in [1.29, 1.82) is 0 Å². The number of nitrogens with zero attached hydrogens (tertiary/aromatic N) is 3. The standard InChI is InChI=1S/C30H38ClFN6O7S.ClH/c31-25-10-9-24(46-25)29(42)38(26(39)6-2-4-12-35-28(41)22(34)5-1-3-11-33)17-20-16-37(30(43)45-20)23-8-7-19(15-21(23)32)36-13-14-44-18-27(36)40;/h7-10,15,20,22H,1-6,11-14,16-18,33-34H2,(H,35,41);1H/t20-,22+;/m1./s1. The molecule has 47 heavy (non-hydrogen) atoms. The van der Waals surface area contributed by atoms with E-state index in [-0.39, 0.29) is 67.4 Å². The van der Waals surface area contributed by atoms with Crippen LogP contribution in [0.15, 0.2) is 30.3 Å². The Labute approximate surface area is 287 Å². The molecule has 258 valence electrons. The molecule has 2 aliphatic rings. The summed E-state index contributed by atoms with van der Waals surface area (Å²) in [6.07, 6.45) is 1.13. The van der Waals surface area contributed by atoms with Gasteiger partial charge in [0.05, 0.1) is 40.6 Å². The van der Waals surface area contributed by atoms with Crippen LogP contribution in [0.5, 0.6) is 0 Å². The van der Waals surface area contributed by atoms with Gasteiger partial charge in [-0.15, -0.1) is 23.7 Å². The van der Waals surface area contributed by atoms with Gasteiger partial charge in [0.1, 0.15) is 18.5 Å². The Morgan fingerprint density at radius 2 is 1.91 bits per heavy atom. The molecule has 17 heteroatoms. The first-order valence-electron chi connectivity index (χ1n) is 15.1. The van der Waals surface area contributed by atoms with Crippen LogP contribution in [0.1, 0.15) is 48.2 Å². The molecule has 2 fully saturated rings. The molecule has 13 nitrogen and oxygen atoms in total. The summed E-state index contributed by atoms with van der Waals surface area (Å²) in [5, 5.41) is 2.76. The maximum atomic E-state index is 15.2. The molecule has 0 radical (unpaired) electrons. The maximum Gasteiger partial charge on any atom is 0.414 e. The molecule has 2 aromatic rings. The number of hydrogen-bond acceptors (Lipinski definition) is 10. The molecule has 4 rings (SSSR count). The van der Waals surface area contributed by atoms with Gasteiger partial charge in [-0.3, -0.25) is 29.0 Å². The smallest absolute Gasteiger partial charge is 0.414 e. The van der Waals surface area contributed by atoms with E-state index in [0.29, 0.717) is 49.0 Å². The van der Waals surface area contributed by atoms with Crippen LogP contribution in [0.2, 0.25) is 4.34 Å². The largest absolute Gasteiger partial charge is 0.442 e. The van der Waals surface area contributed by atoms with E-state index in [0.717, 1.165) is 40.0 Å². The number of imide groups is 1. The van der Waals surface area contributed by atoms with Gasteiger partial charge in [-0.2, -0.15) is 0 Å². The number of hydrogen-bond donors (Lipinski definition) is 3. The quantitative estimate of drug-likeness (QED) is 0.234. The zero-order chi connectivity index (χ0) is 33.2. The van der Waals surface area contributed by atoms with Crippen molar-refractivity contribution in [2.24, 2.45) is 11.5 Å². The van der Waals surface area contributed by atoms with E-state index in [9.17, 15) is 24.0 Å². The summed E-state index contributed by atoms with van der Waals surface area (Å²) >= 11 is 7.03. The minimum Gasteiger partial charge on any atom is -0.442 e. The third-order valence-electron chi connectivity index (χ3n) is 7.53. The molecule has 5 N–H and O–H groups in total. The van der Waals surface area contributed by atoms with Crippen molar-refractivity contribution in [2.75, 3.05) is 55.7 Å². The number of rotatable bonds is 15. The minimum atomic E-state index is -0.934. The number of thiophene rings is 1. The van der Waals surface area contributed by atoms with E-state index < -0.39 is 35.9 Å². The molecule has 0 saturated carbocycles. The van der Waals surface area contributed by atoms with Gasteiger partial charge < -0.3 is 31.2 Å². The highest BCUT2D eigenvalue weighted by molar-refractivity contribution is 7.18. The third kappa shape index (κ3) is 10.3. The first-order chi connectivity index (χ1) is 22.1. The molecule has 2 saturated heterocycles. The number of anilines is 2. The number of benzene rings is 1. The molecule has 5 amide bonds. The molecule has 1 aromatic carbocycles. The minimum absolute atomic E-state index is 0. The highest BCUT2D eigenvalue weighted by atomic mass is 35.5. The van der Waals surface area contributed by atoms with Crippen molar-refractivity contribution in [3.05, 3.63) is 45.4 Å². The first-order valence-corrected chi connectivity index (χ1v) is 16.3. The Morgan fingerprint density at radius 3 is 2.60 bits per heavy atom. The zero-order valence-corrected chi connectivity index (χ0v) is 28.0. The number of ether oxygens (including phenoxy) is 2. The normalized spacial score (nSPS) is 16.8. The summed E-state index contributed by atoms with van der Waals surface area (Å²) in [6.45, 7) is 0.965. The molecular formula is C30H39Cl2FN6O7S. The van der Waals surface area contributed by atoms with Gasteiger partial charge in [-0.25, -0.2) is 9.18 Å². The van der Waals surface area contributed by atoms with Gasteiger partial charge in [-0.05, 0) is 62.6 Å². The SMILES string of the molecule is Cl.NCCCC[C@H](N)C(=O)NCCCCC(=O)N(C[C@H]1CN(c2ccc(N3CCOCC3=O)cc2F)C(=O)O1)C(=O)c1ccc(Cl)s1. The Hall–Kier alpha value is -3.34. The number of amides is 5. The fraction of sp³-hybridized carbons (Fsp3) is 0.500. The lowest BCUT2D eigenvalue weighted by atomic mass is 10.1. The van der Waals surface area contributed by atoms with E-state index in [1.54, 1.807) is 6.07 Å². The lowest BCUT2D eigenvalue weighted by Crippen LogP contribution is -2.43. The summed E-state index contributed by atoms with van der Waals surface area (Å²) in [5.41, 5.74) is 11.6. The highest BCUT2D eigenvalue weighted by Crippen LogP contribution is 2.30. The highest BCUT2D eigenvalue weighted by Gasteiger charge is 2.38. The molecule has 0 bridgehead atoms. The van der Waals surface area contributed by atoms with Crippen molar-refractivity contribution in [1.82, 2.24) is 10.2 Å². The summed E-state index contributed by atoms with van der Waals surface area (Å²) in [4.78, 5) is 67.5. The molecule has 1 aromatic heterocycles. The van der Waals surface area contributed by atoms with Crippen LogP contribution in [-0.2, 0) is 23.9 Å². The maximum absolute atomic E-state index is 15.2. The second-order valence-electron chi connectivity index (χ2n) is 10.9. The van der Waals surface area contributed by atoms with Crippen molar-refractivity contribution >= 4 is 76.4 Å². The number of nitrogens with two attached hydrogens (primary N) is 2.